The van der Waals surface area contributed by atoms with Crippen molar-refractivity contribution in [3.63, 3.8) is 0 Å². The van der Waals surface area contributed by atoms with Crippen LogP contribution in [0.25, 0.3) is 0 Å². The molecule has 1 amide bonds. The number of amides is 1. The van der Waals surface area contributed by atoms with Crippen molar-refractivity contribution in [1.29, 1.82) is 0 Å². The number of para-hydroxylation sites is 1. The van der Waals surface area contributed by atoms with E-state index in [-0.39, 0.29) is 25.5 Å². The first-order chi connectivity index (χ1) is 15.7. The molecule has 0 aliphatic carbocycles. The van der Waals surface area contributed by atoms with Crippen LogP contribution < -0.4 is 23.7 Å². The van der Waals surface area contributed by atoms with E-state index in [1.165, 1.54) is 0 Å². The van der Waals surface area contributed by atoms with Crippen molar-refractivity contribution in [1.82, 2.24) is 4.90 Å². The highest BCUT2D eigenvalue weighted by atomic mass is 16.7. The first-order valence-corrected chi connectivity index (χ1v) is 10.5. The number of likely N-dealkylation sites (tertiary alicyclic amines) is 1. The topological polar surface area (TPSA) is 66.5 Å². The fourth-order valence-corrected chi connectivity index (χ4v) is 4.32. The second-order valence-electron chi connectivity index (χ2n) is 8.02. The Morgan fingerprint density at radius 2 is 1.56 bits per heavy atom. The van der Waals surface area contributed by atoms with Crippen LogP contribution in [0.2, 0.25) is 0 Å². The Balaban J connectivity index is 1.32. The number of rotatable bonds is 5. The molecule has 3 aliphatic rings. The Hall–Kier alpha value is -3.87. The molecule has 2 unspecified atom stereocenters. The molecular formula is C25H21NO6. The van der Waals surface area contributed by atoms with Crippen LogP contribution in [0.15, 0.2) is 60.7 Å². The summed E-state index contributed by atoms with van der Waals surface area (Å²) in [6, 6.07) is 19.0. The molecule has 0 spiro atoms. The van der Waals surface area contributed by atoms with Crippen molar-refractivity contribution in [3.8, 4) is 28.7 Å². The fourth-order valence-electron chi connectivity index (χ4n) is 4.32. The van der Waals surface area contributed by atoms with Gasteiger partial charge in [0.05, 0.1) is 0 Å². The third kappa shape index (κ3) is 3.09. The van der Waals surface area contributed by atoms with Gasteiger partial charge in [-0.3, -0.25) is 4.79 Å². The lowest BCUT2D eigenvalue weighted by molar-refractivity contribution is -0.165. The van der Waals surface area contributed by atoms with Crippen molar-refractivity contribution in [2.75, 3.05) is 13.6 Å². The van der Waals surface area contributed by atoms with E-state index < -0.39 is 6.10 Å². The van der Waals surface area contributed by atoms with Crippen molar-refractivity contribution in [3.05, 3.63) is 77.4 Å². The second-order valence-corrected chi connectivity index (χ2v) is 8.02. The average Bonchev–Trinajstić information content (AvgIpc) is 3.47. The quantitative estimate of drug-likeness (QED) is 0.570. The third-order valence-electron chi connectivity index (χ3n) is 6.02. The highest BCUT2D eigenvalue weighted by Gasteiger charge is 2.50. The summed E-state index contributed by atoms with van der Waals surface area (Å²) in [5.41, 5.74) is 2.88. The number of hydrogen-bond acceptors (Lipinski definition) is 6. The van der Waals surface area contributed by atoms with E-state index in [1.807, 2.05) is 72.5 Å². The molecule has 0 aromatic heterocycles. The van der Waals surface area contributed by atoms with E-state index in [0.29, 0.717) is 29.5 Å². The van der Waals surface area contributed by atoms with Crippen molar-refractivity contribution < 1.29 is 28.5 Å². The largest absolute Gasteiger partial charge is 0.478 e. The summed E-state index contributed by atoms with van der Waals surface area (Å²) in [5.74, 6) is 3.45. The minimum Gasteiger partial charge on any atom is -0.478 e. The van der Waals surface area contributed by atoms with Crippen LogP contribution in [0.4, 0.5) is 0 Å². The maximum Gasteiger partial charge on any atom is 0.267 e. The van der Waals surface area contributed by atoms with E-state index in [0.717, 1.165) is 22.4 Å². The first kappa shape index (κ1) is 18.9. The molecule has 2 atom stereocenters. The fraction of sp³-hybridized carbons (Fsp3) is 0.240. The molecule has 0 bridgehead atoms. The summed E-state index contributed by atoms with van der Waals surface area (Å²) in [6.07, 6.45) is -0.620. The number of fused-ring (bicyclic) bond motifs is 2. The molecule has 32 heavy (non-hydrogen) atoms. The third-order valence-corrected chi connectivity index (χ3v) is 6.02. The van der Waals surface area contributed by atoms with Gasteiger partial charge in [0.2, 0.25) is 19.7 Å². The van der Waals surface area contributed by atoms with Gasteiger partial charge in [-0.1, -0.05) is 30.3 Å². The van der Waals surface area contributed by atoms with E-state index >= 15 is 0 Å². The number of carbonyl (C=O) groups is 1. The molecule has 162 valence electrons. The Morgan fingerprint density at radius 3 is 2.34 bits per heavy atom. The van der Waals surface area contributed by atoms with Crippen LogP contribution in [0, 0.1) is 6.92 Å². The van der Waals surface area contributed by atoms with Crippen LogP contribution in [0.3, 0.4) is 0 Å². The summed E-state index contributed by atoms with van der Waals surface area (Å²) in [7, 11) is 0. The molecule has 1 saturated heterocycles. The summed E-state index contributed by atoms with van der Waals surface area (Å²) in [4.78, 5) is 15.0. The first-order valence-electron chi connectivity index (χ1n) is 10.5. The molecule has 7 heteroatoms. The lowest BCUT2D eigenvalue weighted by Gasteiger charge is -2.47. The van der Waals surface area contributed by atoms with E-state index in [9.17, 15) is 4.79 Å². The van der Waals surface area contributed by atoms with E-state index in [1.54, 1.807) is 0 Å². The van der Waals surface area contributed by atoms with Gasteiger partial charge in [0, 0.05) is 6.54 Å². The predicted molar refractivity (Wildman–Crippen MR) is 114 cm³/mol. The van der Waals surface area contributed by atoms with Crippen LogP contribution in [0.5, 0.6) is 28.7 Å². The number of carbonyl (C=O) groups excluding carboxylic acids is 1. The lowest BCUT2D eigenvalue weighted by atomic mass is 9.89. The van der Waals surface area contributed by atoms with E-state index in [4.69, 9.17) is 23.7 Å². The van der Waals surface area contributed by atoms with Crippen LogP contribution in [0.1, 0.15) is 22.7 Å². The lowest BCUT2D eigenvalue weighted by Crippen LogP contribution is -2.60. The number of nitrogens with zero attached hydrogens (tertiary/aromatic N) is 1. The van der Waals surface area contributed by atoms with Crippen molar-refractivity contribution in [2.45, 2.75) is 25.6 Å². The van der Waals surface area contributed by atoms with Gasteiger partial charge in [-0.15, -0.1) is 0 Å². The number of hydrogen-bond donors (Lipinski definition) is 0. The second kappa shape index (κ2) is 7.37. The van der Waals surface area contributed by atoms with Gasteiger partial charge in [-0.2, -0.15) is 0 Å². The summed E-state index contributed by atoms with van der Waals surface area (Å²) in [5, 5.41) is 0. The Kier molecular flexibility index (Phi) is 4.35. The summed E-state index contributed by atoms with van der Waals surface area (Å²) < 4.78 is 28.1. The molecule has 3 aliphatic heterocycles. The SMILES string of the molecule is Cc1ccccc1OC1C(=O)N(Cc2ccc3c(c2)OCO3)C1c1ccc2c(c1)OCO2. The number of β-lactam (4-membered cyclic amide) rings is 1. The Morgan fingerprint density at radius 1 is 0.875 bits per heavy atom. The molecule has 7 nitrogen and oxygen atoms in total. The summed E-state index contributed by atoms with van der Waals surface area (Å²) in [6.45, 7) is 2.82. The molecule has 6 rings (SSSR count). The van der Waals surface area contributed by atoms with Crippen LogP contribution in [-0.2, 0) is 11.3 Å². The number of ether oxygens (including phenoxy) is 5. The zero-order valence-corrected chi connectivity index (χ0v) is 17.4. The van der Waals surface area contributed by atoms with E-state index in [2.05, 4.69) is 0 Å². The zero-order chi connectivity index (χ0) is 21.7. The Labute approximate surface area is 185 Å². The van der Waals surface area contributed by atoms with Crippen LogP contribution in [-0.4, -0.2) is 30.5 Å². The van der Waals surface area contributed by atoms with Gasteiger partial charge in [0.1, 0.15) is 11.8 Å². The molecule has 1 fully saturated rings. The van der Waals surface area contributed by atoms with Crippen molar-refractivity contribution in [2.24, 2.45) is 0 Å². The highest BCUT2D eigenvalue weighted by molar-refractivity contribution is 5.89. The minimum absolute atomic E-state index is 0.0615. The van der Waals surface area contributed by atoms with Crippen LogP contribution >= 0.6 is 0 Å². The average molecular weight is 431 g/mol. The van der Waals surface area contributed by atoms with Gasteiger partial charge in [-0.25, -0.2) is 0 Å². The maximum absolute atomic E-state index is 13.2. The molecular weight excluding hydrogens is 410 g/mol. The molecule has 0 radical (unpaired) electrons. The minimum atomic E-state index is -0.620. The van der Waals surface area contributed by atoms with Gasteiger partial charge >= 0.3 is 0 Å². The molecule has 3 aromatic carbocycles. The predicted octanol–water partition coefficient (Wildman–Crippen LogP) is 3.98. The summed E-state index contributed by atoms with van der Waals surface area (Å²) >= 11 is 0. The number of aryl methyl sites for hydroxylation is 1. The maximum atomic E-state index is 13.2. The molecule has 3 aromatic rings. The molecule has 0 N–H and O–H groups in total. The monoisotopic (exact) mass is 431 g/mol. The standard InChI is InChI=1S/C25H21NO6/c1-15-4-2-3-5-18(15)32-24-23(17-7-9-20-22(11-17)31-14-29-20)26(25(24)27)12-16-6-8-19-21(10-16)30-13-28-19/h2-11,23-24H,12-14H2,1H3. The molecule has 3 heterocycles. The van der Waals surface area contributed by atoms with Gasteiger partial charge < -0.3 is 28.6 Å². The highest BCUT2D eigenvalue weighted by Crippen LogP contribution is 2.43. The van der Waals surface area contributed by atoms with Gasteiger partial charge in [0.15, 0.2) is 23.0 Å². The normalized spacial score (nSPS) is 20.3. The smallest absolute Gasteiger partial charge is 0.267 e. The zero-order valence-electron chi connectivity index (χ0n) is 17.4. The Bertz CT molecular complexity index is 1210. The van der Waals surface area contributed by atoms with Gasteiger partial charge in [-0.05, 0) is 53.9 Å². The van der Waals surface area contributed by atoms with Crippen molar-refractivity contribution >= 4 is 5.91 Å². The van der Waals surface area contributed by atoms with Gasteiger partial charge in [0.25, 0.3) is 5.91 Å². The molecule has 0 saturated carbocycles. The number of benzene rings is 3.